The third kappa shape index (κ3) is 3.74. The smallest absolute Gasteiger partial charge is 0.257 e. The lowest BCUT2D eigenvalue weighted by molar-refractivity contribution is 0.102. The van der Waals surface area contributed by atoms with E-state index in [2.05, 4.69) is 5.32 Å². The Hall–Kier alpha value is -2.40. The molecule has 2 rings (SSSR count). The molecule has 1 N–H and O–H groups in total. The van der Waals surface area contributed by atoms with Crippen LogP contribution in [0.5, 0.6) is 0 Å². The summed E-state index contributed by atoms with van der Waals surface area (Å²) in [5.74, 6) is -0.541. The zero-order valence-corrected chi connectivity index (χ0v) is 14.5. The molecule has 0 saturated heterocycles. The maximum absolute atomic E-state index is 12.4. The van der Waals surface area contributed by atoms with Gasteiger partial charge in [0.2, 0.25) is 10.0 Å². The highest BCUT2D eigenvalue weighted by molar-refractivity contribution is 7.89. The van der Waals surface area contributed by atoms with Crippen molar-refractivity contribution in [1.29, 1.82) is 5.26 Å². The quantitative estimate of drug-likeness (QED) is 0.904. The number of hydrogen-bond acceptors (Lipinski definition) is 4. The van der Waals surface area contributed by atoms with E-state index in [0.717, 1.165) is 4.31 Å². The third-order valence-electron chi connectivity index (χ3n) is 3.23. The van der Waals surface area contributed by atoms with Crippen molar-refractivity contribution in [2.75, 3.05) is 19.4 Å². The molecule has 8 heteroatoms. The Bertz CT molecular complexity index is 917. The topological polar surface area (TPSA) is 90.3 Å². The average molecular weight is 364 g/mol. The van der Waals surface area contributed by atoms with E-state index in [4.69, 9.17) is 16.9 Å². The van der Waals surface area contributed by atoms with Gasteiger partial charge in [0, 0.05) is 19.8 Å². The zero-order chi connectivity index (χ0) is 17.9. The van der Waals surface area contributed by atoms with Crippen molar-refractivity contribution in [2.45, 2.75) is 4.90 Å². The second-order valence-electron chi connectivity index (χ2n) is 5.07. The number of hydrogen-bond donors (Lipinski definition) is 1. The fraction of sp³-hybridized carbons (Fsp3) is 0.125. The summed E-state index contributed by atoms with van der Waals surface area (Å²) < 4.78 is 25.4. The van der Waals surface area contributed by atoms with Gasteiger partial charge in [-0.2, -0.15) is 5.26 Å². The molecule has 0 aromatic heterocycles. The van der Waals surface area contributed by atoms with Gasteiger partial charge in [-0.3, -0.25) is 4.79 Å². The maximum atomic E-state index is 12.4. The van der Waals surface area contributed by atoms with Crippen LogP contribution in [0.4, 0.5) is 5.69 Å². The number of nitriles is 1. The molecule has 0 radical (unpaired) electrons. The van der Waals surface area contributed by atoms with Crippen LogP contribution < -0.4 is 5.32 Å². The standard InChI is InChI=1S/C16H14ClN3O3S/c1-20(2)24(22,23)13-7-8-15(17)14(9-13)16(21)19-12-5-3-11(10-18)4-6-12/h3-9H,1-2H3,(H,19,21). The Labute approximate surface area is 145 Å². The summed E-state index contributed by atoms with van der Waals surface area (Å²) in [6.07, 6.45) is 0. The van der Waals surface area contributed by atoms with E-state index in [1.165, 1.54) is 32.3 Å². The molecule has 24 heavy (non-hydrogen) atoms. The van der Waals surface area contributed by atoms with E-state index in [9.17, 15) is 13.2 Å². The first-order valence-corrected chi connectivity index (χ1v) is 8.61. The van der Waals surface area contributed by atoms with Crippen LogP contribution in [0.2, 0.25) is 5.02 Å². The lowest BCUT2D eigenvalue weighted by Crippen LogP contribution is -2.23. The van der Waals surface area contributed by atoms with Gasteiger partial charge in [-0.25, -0.2) is 12.7 Å². The predicted molar refractivity (Wildman–Crippen MR) is 91.4 cm³/mol. The molecule has 0 bridgehead atoms. The van der Waals surface area contributed by atoms with E-state index in [1.807, 2.05) is 6.07 Å². The van der Waals surface area contributed by atoms with Crippen LogP contribution >= 0.6 is 11.6 Å². The van der Waals surface area contributed by atoms with Gasteiger partial charge in [0.1, 0.15) is 0 Å². The van der Waals surface area contributed by atoms with Crippen molar-refractivity contribution in [3.8, 4) is 6.07 Å². The van der Waals surface area contributed by atoms with Gasteiger partial charge in [0.15, 0.2) is 0 Å². The molecule has 0 aliphatic rings. The minimum absolute atomic E-state index is 0.0260. The largest absolute Gasteiger partial charge is 0.322 e. The highest BCUT2D eigenvalue weighted by Crippen LogP contribution is 2.23. The van der Waals surface area contributed by atoms with Crippen LogP contribution in [0.1, 0.15) is 15.9 Å². The van der Waals surface area contributed by atoms with Gasteiger partial charge in [-0.05, 0) is 42.5 Å². The molecular formula is C16H14ClN3O3S. The molecule has 1 amide bonds. The first-order valence-electron chi connectivity index (χ1n) is 6.79. The molecule has 0 spiro atoms. The van der Waals surface area contributed by atoms with Gasteiger partial charge in [-0.15, -0.1) is 0 Å². The van der Waals surface area contributed by atoms with E-state index in [1.54, 1.807) is 24.3 Å². The second kappa shape index (κ2) is 7.01. The summed E-state index contributed by atoms with van der Waals surface area (Å²) in [4.78, 5) is 12.3. The SMILES string of the molecule is CN(C)S(=O)(=O)c1ccc(Cl)c(C(=O)Nc2ccc(C#N)cc2)c1. The predicted octanol–water partition coefficient (Wildman–Crippen LogP) is 2.71. The first-order chi connectivity index (χ1) is 11.3. The fourth-order valence-corrected chi connectivity index (χ4v) is 3.01. The van der Waals surface area contributed by atoms with Gasteiger partial charge in [-0.1, -0.05) is 11.6 Å². The fourth-order valence-electron chi connectivity index (χ4n) is 1.88. The molecule has 0 saturated carbocycles. The Balaban J connectivity index is 2.33. The van der Waals surface area contributed by atoms with E-state index in [0.29, 0.717) is 11.3 Å². The minimum Gasteiger partial charge on any atom is -0.322 e. The minimum atomic E-state index is -3.67. The summed E-state index contributed by atoms with van der Waals surface area (Å²) in [6, 6.07) is 12.2. The number of carbonyl (C=O) groups is 1. The second-order valence-corrected chi connectivity index (χ2v) is 7.63. The van der Waals surface area contributed by atoms with E-state index in [-0.39, 0.29) is 15.5 Å². The number of nitrogens with one attached hydrogen (secondary N) is 1. The number of rotatable bonds is 4. The molecule has 0 heterocycles. The summed E-state index contributed by atoms with van der Waals surface area (Å²) >= 11 is 6.02. The Kier molecular flexibility index (Phi) is 5.24. The summed E-state index contributed by atoms with van der Waals surface area (Å²) in [5.41, 5.74) is 0.977. The molecule has 0 aliphatic carbocycles. The summed E-state index contributed by atoms with van der Waals surface area (Å²) in [5, 5.41) is 11.5. The van der Waals surface area contributed by atoms with Gasteiger partial charge in [0.25, 0.3) is 5.91 Å². The van der Waals surface area contributed by atoms with Crippen molar-refractivity contribution in [3.63, 3.8) is 0 Å². The Morgan fingerprint density at radius 1 is 1.17 bits per heavy atom. The van der Waals surface area contributed by atoms with E-state index >= 15 is 0 Å². The molecular weight excluding hydrogens is 350 g/mol. The Morgan fingerprint density at radius 2 is 1.79 bits per heavy atom. The molecule has 124 valence electrons. The number of halogens is 1. The van der Waals surface area contributed by atoms with Crippen molar-refractivity contribution in [3.05, 3.63) is 58.6 Å². The first kappa shape index (κ1) is 17.9. The molecule has 2 aromatic carbocycles. The van der Waals surface area contributed by atoms with Gasteiger partial charge in [0.05, 0.1) is 27.1 Å². The summed E-state index contributed by atoms with van der Waals surface area (Å²) in [7, 11) is -0.866. The molecule has 0 aliphatic heterocycles. The highest BCUT2D eigenvalue weighted by Gasteiger charge is 2.20. The number of nitrogens with zero attached hydrogens (tertiary/aromatic N) is 2. The maximum Gasteiger partial charge on any atom is 0.257 e. The van der Waals surface area contributed by atoms with Crippen LogP contribution in [-0.2, 0) is 10.0 Å². The number of anilines is 1. The van der Waals surface area contributed by atoms with Crippen LogP contribution in [0.3, 0.4) is 0 Å². The van der Waals surface area contributed by atoms with Crippen molar-refractivity contribution >= 4 is 33.2 Å². The monoisotopic (exact) mass is 363 g/mol. The third-order valence-corrected chi connectivity index (χ3v) is 5.37. The highest BCUT2D eigenvalue weighted by atomic mass is 35.5. The van der Waals surface area contributed by atoms with Gasteiger partial charge >= 0.3 is 0 Å². The van der Waals surface area contributed by atoms with Crippen molar-refractivity contribution in [1.82, 2.24) is 4.31 Å². The summed E-state index contributed by atoms with van der Waals surface area (Å²) in [6.45, 7) is 0. The van der Waals surface area contributed by atoms with Crippen molar-refractivity contribution in [2.24, 2.45) is 0 Å². The average Bonchev–Trinajstić information content (AvgIpc) is 2.55. The van der Waals surface area contributed by atoms with Crippen LogP contribution in [-0.4, -0.2) is 32.7 Å². The van der Waals surface area contributed by atoms with Crippen molar-refractivity contribution < 1.29 is 13.2 Å². The molecule has 2 aromatic rings. The molecule has 6 nitrogen and oxygen atoms in total. The van der Waals surface area contributed by atoms with Crippen LogP contribution in [0.15, 0.2) is 47.4 Å². The number of sulfonamides is 1. The number of amides is 1. The lowest BCUT2D eigenvalue weighted by Gasteiger charge is -2.13. The number of carbonyl (C=O) groups excluding carboxylic acids is 1. The van der Waals surface area contributed by atoms with Crippen LogP contribution in [0.25, 0.3) is 0 Å². The van der Waals surface area contributed by atoms with Gasteiger partial charge < -0.3 is 5.32 Å². The molecule has 0 unspecified atom stereocenters. The van der Waals surface area contributed by atoms with E-state index < -0.39 is 15.9 Å². The Morgan fingerprint density at radius 3 is 2.33 bits per heavy atom. The number of benzene rings is 2. The molecule has 0 atom stereocenters. The zero-order valence-electron chi connectivity index (χ0n) is 12.9. The normalized spacial score (nSPS) is 11.1. The lowest BCUT2D eigenvalue weighted by atomic mass is 10.2. The van der Waals surface area contributed by atoms with Crippen LogP contribution in [0, 0.1) is 11.3 Å². The molecule has 0 fully saturated rings.